The van der Waals surface area contributed by atoms with Gasteiger partial charge in [-0.2, -0.15) is 0 Å². The van der Waals surface area contributed by atoms with E-state index in [1.165, 1.54) is 25.9 Å². The van der Waals surface area contributed by atoms with E-state index in [9.17, 15) is 4.39 Å². The van der Waals surface area contributed by atoms with Crippen molar-refractivity contribution in [2.24, 2.45) is 5.73 Å². The Labute approximate surface area is 97.8 Å². The average molecular weight is 229 g/mol. The monoisotopic (exact) mass is 229 g/mol. The highest BCUT2D eigenvalue weighted by atomic mass is 19.1. The van der Waals surface area contributed by atoms with Crippen LogP contribution >= 0.6 is 0 Å². The molecule has 2 heterocycles. The lowest BCUT2D eigenvalue weighted by molar-refractivity contribution is 0.0693. The fourth-order valence-corrected chi connectivity index (χ4v) is 2.83. The SMILES string of the molecule is CN1CCC(N2CCC(N)(CF)CC2)CC1. The zero-order chi connectivity index (χ0) is 11.6. The molecule has 0 saturated carbocycles. The molecule has 0 radical (unpaired) electrons. The number of alkyl halides is 1. The Bertz CT molecular complexity index is 218. The fraction of sp³-hybridized carbons (Fsp3) is 1.00. The second-order valence-corrected chi connectivity index (χ2v) is 5.57. The highest BCUT2D eigenvalue weighted by Crippen LogP contribution is 2.25. The maximum absolute atomic E-state index is 12.7. The van der Waals surface area contributed by atoms with Crippen molar-refractivity contribution in [3.63, 3.8) is 0 Å². The van der Waals surface area contributed by atoms with Gasteiger partial charge in [0.2, 0.25) is 0 Å². The van der Waals surface area contributed by atoms with Gasteiger partial charge in [0.15, 0.2) is 0 Å². The second-order valence-electron chi connectivity index (χ2n) is 5.57. The Kier molecular flexibility index (Phi) is 3.82. The van der Waals surface area contributed by atoms with Crippen molar-refractivity contribution >= 4 is 0 Å². The highest BCUT2D eigenvalue weighted by molar-refractivity contribution is 4.92. The number of piperidine rings is 2. The van der Waals surface area contributed by atoms with Crippen molar-refractivity contribution in [1.82, 2.24) is 9.80 Å². The van der Waals surface area contributed by atoms with Crippen LogP contribution in [0.2, 0.25) is 0 Å². The third-order valence-electron chi connectivity index (χ3n) is 4.26. The fourth-order valence-electron chi connectivity index (χ4n) is 2.83. The zero-order valence-corrected chi connectivity index (χ0v) is 10.3. The zero-order valence-electron chi connectivity index (χ0n) is 10.3. The van der Waals surface area contributed by atoms with Gasteiger partial charge in [-0.05, 0) is 45.8 Å². The number of likely N-dealkylation sites (tertiary alicyclic amines) is 2. The second kappa shape index (κ2) is 4.98. The molecule has 0 unspecified atom stereocenters. The van der Waals surface area contributed by atoms with Gasteiger partial charge in [0.05, 0.1) is 0 Å². The van der Waals surface area contributed by atoms with Gasteiger partial charge in [-0.25, -0.2) is 4.39 Å². The smallest absolute Gasteiger partial charge is 0.107 e. The molecule has 0 aromatic rings. The largest absolute Gasteiger partial charge is 0.323 e. The van der Waals surface area contributed by atoms with Crippen LogP contribution in [0.5, 0.6) is 0 Å². The number of hydrogen-bond acceptors (Lipinski definition) is 3. The molecule has 4 heteroatoms. The number of nitrogens with two attached hydrogens (primary N) is 1. The summed E-state index contributed by atoms with van der Waals surface area (Å²) in [5.74, 6) is 0. The molecule has 0 aliphatic carbocycles. The lowest BCUT2D eigenvalue weighted by Crippen LogP contribution is -2.55. The van der Waals surface area contributed by atoms with E-state index in [0.29, 0.717) is 6.04 Å². The minimum Gasteiger partial charge on any atom is -0.323 e. The van der Waals surface area contributed by atoms with Crippen LogP contribution in [0.1, 0.15) is 25.7 Å². The average Bonchev–Trinajstić information content (AvgIpc) is 2.32. The van der Waals surface area contributed by atoms with Gasteiger partial charge in [-0.3, -0.25) is 0 Å². The molecule has 2 aliphatic heterocycles. The molecular weight excluding hydrogens is 205 g/mol. The Morgan fingerprint density at radius 3 is 2.25 bits per heavy atom. The topological polar surface area (TPSA) is 32.5 Å². The van der Waals surface area contributed by atoms with Crippen LogP contribution in [0.15, 0.2) is 0 Å². The summed E-state index contributed by atoms with van der Waals surface area (Å²) in [6.45, 7) is 3.98. The van der Waals surface area contributed by atoms with Crippen molar-refractivity contribution in [2.45, 2.75) is 37.3 Å². The molecule has 2 aliphatic rings. The summed E-state index contributed by atoms with van der Waals surface area (Å²) >= 11 is 0. The molecule has 2 fully saturated rings. The highest BCUT2D eigenvalue weighted by Gasteiger charge is 2.33. The van der Waals surface area contributed by atoms with E-state index in [4.69, 9.17) is 5.73 Å². The quantitative estimate of drug-likeness (QED) is 0.762. The summed E-state index contributed by atoms with van der Waals surface area (Å²) in [7, 11) is 2.18. The molecule has 0 bridgehead atoms. The van der Waals surface area contributed by atoms with Gasteiger partial charge >= 0.3 is 0 Å². The van der Waals surface area contributed by atoms with Crippen LogP contribution < -0.4 is 5.73 Å². The molecule has 94 valence electrons. The van der Waals surface area contributed by atoms with Gasteiger partial charge in [0, 0.05) is 24.7 Å². The molecule has 0 aromatic carbocycles. The van der Waals surface area contributed by atoms with Crippen LogP contribution in [-0.2, 0) is 0 Å². The van der Waals surface area contributed by atoms with Crippen LogP contribution in [0.25, 0.3) is 0 Å². The normalized spacial score (nSPS) is 29.4. The van der Waals surface area contributed by atoms with E-state index in [1.807, 2.05) is 0 Å². The summed E-state index contributed by atoms with van der Waals surface area (Å²) in [5, 5.41) is 0. The predicted octanol–water partition coefficient (Wildman–Crippen LogP) is 0.843. The molecule has 0 spiro atoms. The third kappa shape index (κ3) is 2.73. The first-order valence-corrected chi connectivity index (χ1v) is 6.40. The van der Waals surface area contributed by atoms with Crippen molar-refractivity contribution in [1.29, 1.82) is 0 Å². The van der Waals surface area contributed by atoms with Crippen LogP contribution in [0.3, 0.4) is 0 Å². The Morgan fingerprint density at radius 2 is 1.75 bits per heavy atom. The summed E-state index contributed by atoms with van der Waals surface area (Å²) in [5.41, 5.74) is 5.44. The van der Waals surface area contributed by atoms with Crippen molar-refractivity contribution in [2.75, 3.05) is 39.9 Å². The molecule has 3 nitrogen and oxygen atoms in total. The van der Waals surface area contributed by atoms with Gasteiger partial charge in [0.25, 0.3) is 0 Å². The summed E-state index contributed by atoms with van der Waals surface area (Å²) in [6, 6.07) is 0.709. The van der Waals surface area contributed by atoms with Gasteiger partial charge in [-0.15, -0.1) is 0 Å². The lowest BCUT2D eigenvalue weighted by atomic mass is 9.88. The molecule has 0 aromatic heterocycles. The van der Waals surface area contributed by atoms with E-state index in [0.717, 1.165) is 25.9 Å². The van der Waals surface area contributed by atoms with Crippen molar-refractivity contribution < 1.29 is 4.39 Å². The number of hydrogen-bond donors (Lipinski definition) is 1. The lowest BCUT2D eigenvalue weighted by Gasteiger charge is -2.43. The standard InChI is InChI=1S/C12H24FN3/c1-15-6-2-11(3-7-15)16-8-4-12(14,10-13)5-9-16/h11H,2-10,14H2,1H3. The maximum atomic E-state index is 12.7. The molecule has 16 heavy (non-hydrogen) atoms. The van der Waals surface area contributed by atoms with Crippen molar-refractivity contribution in [3.8, 4) is 0 Å². The molecule has 0 atom stereocenters. The van der Waals surface area contributed by atoms with Gasteiger partial charge in [0.1, 0.15) is 6.67 Å². The Hall–Kier alpha value is -0.190. The molecule has 2 rings (SSSR count). The third-order valence-corrected chi connectivity index (χ3v) is 4.26. The minimum atomic E-state index is -0.526. The summed E-state index contributed by atoms with van der Waals surface area (Å²) in [4.78, 5) is 4.91. The molecule has 0 amide bonds. The molecule has 2 saturated heterocycles. The number of rotatable bonds is 2. The van der Waals surface area contributed by atoms with E-state index >= 15 is 0 Å². The minimum absolute atomic E-state index is 0.367. The first-order chi connectivity index (χ1) is 7.63. The molecule has 2 N–H and O–H groups in total. The number of nitrogens with zero attached hydrogens (tertiary/aromatic N) is 2. The first-order valence-electron chi connectivity index (χ1n) is 6.40. The maximum Gasteiger partial charge on any atom is 0.107 e. The van der Waals surface area contributed by atoms with E-state index in [1.54, 1.807) is 0 Å². The van der Waals surface area contributed by atoms with Crippen LogP contribution in [0.4, 0.5) is 4.39 Å². The Morgan fingerprint density at radius 1 is 1.19 bits per heavy atom. The summed E-state index contributed by atoms with van der Waals surface area (Å²) < 4.78 is 12.7. The van der Waals surface area contributed by atoms with Gasteiger partial charge < -0.3 is 15.5 Å². The van der Waals surface area contributed by atoms with E-state index in [2.05, 4.69) is 16.8 Å². The van der Waals surface area contributed by atoms with Gasteiger partial charge in [-0.1, -0.05) is 0 Å². The predicted molar refractivity (Wildman–Crippen MR) is 64.2 cm³/mol. The summed E-state index contributed by atoms with van der Waals surface area (Å²) in [6.07, 6.45) is 4.14. The van der Waals surface area contributed by atoms with Crippen LogP contribution in [-0.4, -0.2) is 61.3 Å². The first kappa shape index (κ1) is 12.3. The van der Waals surface area contributed by atoms with Crippen molar-refractivity contribution in [3.05, 3.63) is 0 Å². The Balaban J connectivity index is 1.80. The molecular formula is C12H24FN3. The van der Waals surface area contributed by atoms with Crippen LogP contribution in [0, 0.1) is 0 Å². The number of halogens is 1. The van der Waals surface area contributed by atoms with E-state index in [-0.39, 0.29) is 6.67 Å². The van der Waals surface area contributed by atoms with E-state index < -0.39 is 5.54 Å².